The van der Waals surface area contributed by atoms with Gasteiger partial charge in [-0.15, -0.1) is 0 Å². The van der Waals surface area contributed by atoms with Crippen LogP contribution < -0.4 is 4.31 Å². The van der Waals surface area contributed by atoms with Gasteiger partial charge in [0.15, 0.2) is 0 Å². The zero-order valence-electron chi connectivity index (χ0n) is 9.62. The van der Waals surface area contributed by atoms with Gasteiger partial charge in [-0.2, -0.15) is 0 Å². The van der Waals surface area contributed by atoms with Gasteiger partial charge in [0.05, 0.1) is 4.90 Å². The van der Waals surface area contributed by atoms with Gasteiger partial charge in [0.2, 0.25) is 0 Å². The molecule has 94 valence electrons. The third kappa shape index (κ3) is 2.54. The molecule has 1 heterocycles. The lowest BCUT2D eigenvalue weighted by molar-refractivity contribution is 0.594. The van der Waals surface area contributed by atoms with Gasteiger partial charge in [0.1, 0.15) is 5.82 Å². The zero-order valence-corrected chi connectivity index (χ0v) is 12.0. The van der Waals surface area contributed by atoms with E-state index in [4.69, 9.17) is 0 Å². The number of hydrogen-bond acceptors (Lipinski definition) is 3. The van der Waals surface area contributed by atoms with Gasteiger partial charge in [0.25, 0.3) is 10.0 Å². The number of aromatic nitrogens is 1. The largest absolute Gasteiger partial charge is 0.265 e. The Morgan fingerprint density at radius 3 is 2.33 bits per heavy atom. The summed E-state index contributed by atoms with van der Waals surface area (Å²) in [6.07, 6.45) is 1.56. The highest BCUT2D eigenvalue weighted by molar-refractivity contribution is 9.10. The Kier molecular flexibility index (Phi) is 3.68. The van der Waals surface area contributed by atoms with Crippen molar-refractivity contribution in [2.45, 2.75) is 4.90 Å². The first-order chi connectivity index (χ1) is 8.51. The van der Waals surface area contributed by atoms with Gasteiger partial charge in [0, 0.05) is 17.7 Å². The minimum absolute atomic E-state index is 0.247. The number of anilines is 1. The summed E-state index contributed by atoms with van der Waals surface area (Å²) in [5, 5.41) is 0. The lowest BCUT2D eigenvalue weighted by atomic mass is 10.4. The molecule has 2 aromatic rings. The highest BCUT2D eigenvalue weighted by atomic mass is 79.9. The van der Waals surface area contributed by atoms with Gasteiger partial charge < -0.3 is 0 Å². The fraction of sp³-hybridized carbons (Fsp3) is 0.0833. The number of halogens is 1. The number of hydrogen-bond donors (Lipinski definition) is 0. The van der Waals surface area contributed by atoms with Gasteiger partial charge in [-0.05, 0) is 40.2 Å². The monoisotopic (exact) mass is 326 g/mol. The van der Waals surface area contributed by atoms with Gasteiger partial charge in [-0.1, -0.05) is 18.2 Å². The molecule has 0 saturated carbocycles. The van der Waals surface area contributed by atoms with E-state index in [1.165, 1.54) is 7.05 Å². The fourth-order valence-corrected chi connectivity index (χ4v) is 2.83. The molecule has 0 bridgehead atoms. The van der Waals surface area contributed by atoms with E-state index >= 15 is 0 Å². The van der Waals surface area contributed by atoms with Crippen LogP contribution in [0.15, 0.2) is 58.0 Å². The van der Waals surface area contributed by atoms with Crippen molar-refractivity contribution < 1.29 is 8.42 Å². The van der Waals surface area contributed by atoms with Crippen LogP contribution in [0.2, 0.25) is 0 Å². The summed E-state index contributed by atoms with van der Waals surface area (Å²) in [6, 6.07) is 11.7. The van der Waals surface area contributed by atoms with Crippen molar-refractivity contribution in [1.29, 1.82) is 0 Å². The van der Waals surface area contributed by atoms with Crippen LogP contribution in [0.1, 0.15) is 0 Å². The zero-order chi connectivity index (χ0) is 13.2. The molecule has 0 aliphatic rings. The predicted molar refractivity (Wildman–Crippen MR) is 74.0 cm³/mol. The summed E-state index contributed by atoms with van der Waals surface area (Å²) < 4.78 is 26.5. The molecule has 0 aliphatic carbocycles. The maximum Gasteiger partial charge on any atom is 0.265 e. The molecule has 0 spiro atoms. The summed E-state index contributed by atoms with van der Waals surface area (Å²) in [4.78, 5) is 4.32. The summed E-state index contributed by atoms with van der Waals surface area (Å²) in [5.41, 5.74) is 0. The lowest BCUT2D eigenvalue weighted by Crippen LogP contribution is -2.27. The second-order valence-corrected chi connectivity index (χ2v) is 6.51. The molecule has 1 aromatic heterocycles. The molecule has 0 unspecified atom stereocenters. The normalized spacial score (nSPS) is 11.2. The van der Waals surface area contributed by atoms with Crippen LogP contribution in [0, 0.1) is 0 Å². The molecule has 2 rings (SSSR count). The molecular formula is C12H11BrN2O2S. The first-order valence-corrected chi connectivity index (χ1v) is 7.40. The Hall–Kier alpha value is -1.40. The quantitative estimate of drug-likeness (QED) is 0.871. The Bertz CT molecular complexity index is 627. The minimum Gasteiger partial charge on any atom is -0.253 e. The minimum atomic E-state index is -3.55. The maximum atomic E-state index is 12.3. The summed E-state index contributed by atoms with van der Waals surface area (Å²) >= 11 is 3.26. The molecule has 0 aliphatic heterocycles. The molecule has 1 aromatic carbocycles. The molecule has 0 N–H and O–H groups in total. The second-order valence-electron chi connectivity index (χ2n) is 3.62. The summed E-state index contributed by atoms with van der Waals surface area (Å²) in [6.45, 7) is 0. The van der Waals surface area contributed by atoms with Crippen molar-refractivity contribution in [3.05, 3.63) is 53.1 Å². The molecule has 18 heavy (non-hydrogen) atoms. The van der Waals surface area contributed by atoms with Crippen LogP contribution in [-0.2, 0) is 10.0 Å². The topological polar surface area (TPSA) is 50.3 Å². The second kappa shape index (κ2) is 5.07. The van der Waals surface area contributed by atoms with Crippen LogP contribution in [0.5, 0.6) is 0 Å². The summed E-state index contributed by atoms with van der Waals surface area (Å²) in [7, 11) is -2.06. The maximum absolute atomic E-state index is 12.3. The van der Waals surface area contributed by atoms with Crippen molar-refractivity contribution in [1.82, 2.24) is 4.98 Å². The van der Waals surface area contributed by atoms with Crippen molar-refractivity contribution in [2.24, 2.45) is 0 Å². The molecule has 0 radical (unpaired) electrons. The van der Waals surface area contributed by atoms with Gasteiger partial charge in [-0.3, -0.25) is 4.31 Å². The molecule has 6 heteroatoms. The van der Waals surface area contributed by atoms with E-state index in [0.717, 1.165) is 8.78 Å². The van der Waals surface area contributed by atoms with E-state index in [0.29, 0.717) is 5.82 Å². The number of nitrogens with zero attached hydrogens (tertiary/aromatic N) is 2. The molecule has 4 nitrogen and oxygen atoms in total. The lowest BCUT2D eigenvalue weighted by Gasteiger charge is -2.18. The molecule has 0 atom stereocenters. The van der Waals surface area contributed by atoms with Crippen LogP contribution in [0.25, 0.3) is 0 Å². The molecule has 0 amide bonds. The van der Waals surface area contributed by atoms with Crippen LogP contribution in [0.4, 0.5) is 5.82 Å². The van der Waals surface area contributed by atoms with E-state index in [9.17, 15) is 8.42 Å². The standard InChI is InChI=1S/C12H11BrN2O2S/c1-15(12-8-7-10(13)9-14-12)18(16,17)11-5-3-2-4-6-11/h2-9H,1H3. The van der Waals surface area contributed by atoms with Crippen molar-refractivity contribution in [2.75, 3.05) is 11.4 Å². The Balaban J connectivity index is 2.39. The molecular weight excluding hydrogens is 316 g/mol. The summed E-state index contributed by atoms with van der Waals surface area (Å²) in [5.74, 6) is 0.377. The first kappa shape index (κ1) is 13.0. The van der Waals surface area contributed by atoms with E-state index in [2.05, 4.69) is 20.9 Å². The third-order valence-electron chi connectivity index (χ3n) is 2.44. The average molecular weight is 327 g/mol. The smallest absolute Gasteiger partial charge is 0.253 e. The van der Waals surface area contributed by atoms with Crippen molar-refractivity contribution >= 4 is 31.8 Å². The van der Waals surface area contributed by atoms with Crippen LogP contribution in [0.3, 0.4) is 0 Å². The highest BCUT2D eigenvalue weighted by Gasteiger charge is 2.21. The van der Waals surface area contributed by atoms with Crippen molar-refractivity contribution in [3.63, 3.8) is 0 Å². The number of benzene rings is 1. The first-order valence-electron chi connectivity index (χ1n) is 5.17. The van der Waals surface area contributed by atoms with Crippen LogP contribution >= 0.6 is 15.9 Å². The van der Waals surface area contributed by atoms with Gasteiger partial charge >= 0.3 is 0 Å². The van der Waals surface area contributed by atoms with Crippen LogP contribution in [-0.4, -0.2) is 20.4 Å². The number of pyridine rings is 1. The Labute approximate surface area is 114 Å². The predicted octanol–water partition coefficient (Wildman–Crippen LogP) is 2.67. The van der Waals surface area contributed by atoms with Crippen molar-refractivity contribution in [3.8, 4) is 0 Å². The molecule has 0 saturated heterocycles. The van der Waals surface area contributed by atoms with E-state index < -0.39 is 10.0 Å². The van der Waals surface area contributed by atoms with E-state index in [1.807, 2.05) is 0 Å². The van der Waals surface area contributed by atoms with E-state index in [-0.39, 0.29) is 4.90 Å². The molecule has 0 fully saturated rings. The fourth-order valence-electron chi connectivity index (χ4n) is 1.43. The van der Waals surface area contributed by atoms with E-state index in [1.54, 1.807) is 48.7 Å². The Morgan fingerprint density at radius 1 is 1.11 bits per heavy atom. The van der Waals surface area contributed by atoms with Gasteiger partial charge in [-0.25, -0.2) is 13.4 Å². The number of sulfonamides is 1. The highest BCUT2D eigenvalue weighted by Crippen LogP contribution is 2.20. The average Bonchev–Trinajstić information content (AvgIpc) is 2.40. The SMILES string of the molecule is CN(c1ccc(Br)cn1)S(=O)(=O)c1ccccc1. The Morgan fingerprint density at radius 2 is 1.78 bits per heavy atom. The number of rotatable bonds is 3. The third-order valence-corrected chi connectivity index (χ3v) is 4.68.